The highest BCUT2D eigenvalue weighted by atomic mass is 16.5. The first-order chi connectivity index (χ1) is 14.3. The van der Waals surface area contributed by atoms with Gasteiger partial charge in [-0.05, 0) is 58.2 Å². The number of ether oxygens (including phenoxy) is 1. The fourth-order valence-electron chi connectivity index (χ4n) is 2.94. The van der Waals surface area contributed by atoms with Crippen LogP contribution in [0, 0.1) is 0 Å². The van der Waals surface area contributed by atoms with Crippen LogP contribution in [0.1, 0.15) is 51.4 Å². The Morgan fingerprint density at radius 3 is 2.00 bits per heavy atom. The maximum absolute atomic E-state index is 12.7. The summed E-state index contributed by atoms with van der Waals surface area (Å²) in [4.78, 5) is 37.7. The molecule has 11 heteroatoms. The molecule has 0 aliphatic heterocycles. The predicted molar refractivity (Wildman–Crippen MR) is 116 cm³/mol. The van der Waals surface area contributed by atoms with Gasteiger partial charge < -0.3 is 43.6 Å². The molecule has 30 heavy (non-hydrogen) atoms. The average molecular weight is 432 g/mol. The van der Waals surface area contributed by atoms with Gasteiger partial charge in [0.05, 0.1) is 18.6 Å². The van der Waals surface area contributed by atoms with Gasteiger partial charge in [0, 0.05) is 6.54 Å². The minimum absolute atomic E-state index is 0.0363. The molecular weight excluding hydrogens is 390 g/mol. The topological polar surface area (TPSA) is 206 Å². The number of rotatable bonds is 18. The second-order valence-corrected chi connectivity index (χ2v) is 7.33. The number of carbonyl (C=O) groups is 3. The Kier molecular flexibility index (Phi) is 16.7. The van der Waals surface area contributed by atoms with E-state index >= 15 is 0 Å². The zero-order chi connectivity index (χ0) is 22.8. The highest BCUT2D eigenvalue weighted by molar-refractivity contribution is 5.87. The number of nitrogens with one attached hydrogen (secondary N) is 1. The van der Waals surface area contributed by atoms with Crippen molar-refractivity contribution in [3.05, 3.63) is 0 Å². The summed E-state index contributed by atoms with van der Waals surface area (Å²) in [5, 5.41) is 2.81. The predicted octanol–water partition coefficient (Wildman–Crippen LogP) is -1.28. The molecule has 0 aromatic rings. The van der Waals surface area contributed by atoms with Crippen LogP contribution in [0.5, 0.6) is 0 Å². The molecule has 0 saturated heterocycles. The van der Waals surface area contributed by atoms with Crippen molar-refractivity contribution in [2.45, 2.75) is 63.5 Å². The van der Waals surface area contributed by atoms with Crippen molar-refractivity contribution in [1.82, 2.24) is 10.2 Å². The van der Waals surface area contributed by atoms with Crippen molar-refractivity contribution < 1.29 is 19.1 Å². The number of primary amides is 1. The second kappa shape index (κ2) is 17.9. The van der Waals surface area contributed by atoms with Crippen LogP contribution in [-0.4, -0.2) is 74.2 Å². The Labute approximate surface area is 179 Å². The van der Waals surface area contributed by atoms with E-state index in [9.17, 15) is 14.4 Å². The Bertz CT molecular complexity index is 494. The van der Waals surface area contributed by atoms with Crippen molar-refractivity contribution >= 4 is 17.9 Å². The van der Waals surface area contributed by atoms with Gasteiger partial charge >= 0.3 is 6.09 Å². The van der Waals surface area contributed by atoms with E-state index in [1.165, 1.54) is 4.90 Å². The Morgan fingerprint density at radius 2 is 1.43 bits per heavy atom. The van der Waals surface area contributed by atoms with E-state index in [4.69, 9.17) is 33.4 Å². The van der Waals surface area contributed by atoms with E-state index in [0.29, 0.717) is 45.4 Å². The summed E-state index contributed by atoms with van der Waals surface area (Å²) in [6, 6.07) is -1.09. The minimum Gasteiger partial charge on any atom is -0.448 e. The van der Waals surface area contributed by atoms with Crippen LogP contribution in [0.3, 0.4) is 0 Å². The lowest BCUT2D eigenvalue weighted by Crippen LogP contribution is -2.50. The molecule has 11 N–H and O–H groups in total. The first kappa shape index (κ1) is 28.1. The highest BCUT2D eigenvalue weighted by Gasteiger charge is 2.24. The number of unbranched alkanes of at least 4 members (excludes halogenated alkanes) is 3. The monoisotopic (exact) mass is 431 g/mol. The van der Waals surface area contributed by atoms with Gasteiger partial charge in [0.1, 0.15) is 6.61 Å². The molecule has 2 unspecified atom stereocenters. The fraction of sp³-hybridized carbons (Fsp3) is 0.842. The summed E-state index contributed by atoms with van der Waals surface area (Å²) < 4.78 is 4.83. The molecule has 0 bridgehead atoms. The number of nitrogens with zero attached hydrogens (tertiary/aromatic N) is 1. The van der Waals surface area contributed by atoms with Gasteiger partial charge in [-0.1, -0.05) is 12.8 Å². The molecule has 0 fully saturated rings. The largest absolute Gasteiger partial charge is 0.448 e. The standard InChI is InChI=1S/C19H41N7O4/c20-9-3-1-7-15(14-30-19(24)29)25-17(27)13-26(12-6-5-11-22)18(28)16(23)8-2-4-10-21/h15-16H,1-14,20-23H2,(H2,24,29)(H,25,27). The SMILES string of the molecule is NCCCCC(COC(N)=O)NC(=O)CN(CCCCN)C(=O)C(N)CCCCN. The van der Waals surface area contributed by atoms with Crippen LogP contribution in [0.15, 0.2) is 0 Å². The van der Waals surface area contributed by atoms with E-state index in [0.717, 1.165) is 32.1 Å². The van der Waals surface area contributed by atoms with Crippen LogP contribution in [0.4, 0.5) is 4.79 Å². The summed E-state index contributed by atoms with van der Waals surface area (Å²) in [5.74, 6) is -0.622. The lowest BCUT2D eigenvalue weighted by Gasteiger charge is -2.26. The van der Waals surface area contributed by atoms with Crippen LogP contribution in [-0.2, 0) is 14.3 Å². The van der Waals surface area contributed by atoms with Crippen molar-refractivity contribution in [3.8, 4) is 0 Å². The molecule has 0 aromatic heterocycles. The molecule has 0 rings (SSSR count). The molecule has 0 aromatic carbocycles. The first-order valence-electron chi connectivity index (χ1n) is 10.7. The third-order valence-electron chi connectivity index (χ3n) is 4.61. The van der Waals surface area contributed by atoms with Gasteiger partial charge in [-0.15, -0.1) is 0 Å². The Morgan fingerprint density at radius 1 is 0.867 bits per heavy atom. The normalized spacial score (nSPS) is 12.8. The number of hydrogen-bond acceptors (Lipinski definition) is 8. The lowest BCUT2D eigenvalue weighted by atomic mass is 10.1. The molecule has 11 nitrogen and oxygen atoms in total. The highest BCUT2D eigenvalue weighted by Crippen LogP contribution is 2.06. The number of amides is 3. The quantitative estimate of drug-likeness (QED) is 0.144. The molecule has 0 heterocycles. The molecule has 2 atom stereocenters. The lowest BCUT2D eigenvalue weighted by molar-refractivity contribution is -0.137. The summed E-state index contributed by atoms with van der Waals surface area (Å²) in [5.41, 5.74) is 27.6. The number of hydrogen-bond donors (Lipinski definition) is 6. The van der Waals surface area contributed by atoms with Crippen molar-refractivity contribution in [3.63, 3.8) is 0 Å². The first-order valence-corrected chi connectivity index (χ1v) is 10.7. The smallest absolute Gasteiger partial charge is 0.404 e. The van der Waals surface area contributed by atoms with Gasteiger partial charge in [-0.2, -0.15) is 0 Å². The molecule has 3 amide bonds. The van der Waals surface area contributed by atoms with Crippen LogP contribution < -0.4 is 34.0 Å². The molecule has 0 saturated carbocycles. The van der Waals surface area contributed by atoms with Crippen molar-refractivity contribution in [1.29, 1.82) is 0 Å². The third-order valence-corrected chi connectivity index (χ3v) is 4.61. The Balaban J connectivity index is 4.89. The maximum atomic E-state index is 12.7. The Hall–Kier alpha value is -1.95. The van der Waals surface area contributed by atoms with Gasteiger partial charge in [-0.25, -0.2) is 4.79 Å². The number of carbonyl (C=O) groups excluding carboxylic acids is 3. The van der Waals surface area contributed by atoms with E-state index < -0.39 is 18.2 Å². The van der Waals surface area contributed by atoms with Crippen molar-refractivity contribution in [2.75, 3.05) is 39.3 Å². The molecule has 0 radical (unpaired) electrons. The molecular formula is C19H41N7O4. The van der Waals surface area contributed by atoms with Gasteiger partial charge in [0.15, 0.2) is 0 Å². The van der Waals surface area contributed by atoms with Crippen molar-refractivity contribution in [2.24, 2.45) is 28.7 Å². The van der Waals surface area contributed by atoms with E-state index in [-0.39, 0.29) is 25.0 Å². The maximum Gasteiger partial charge on any atom is 0.404 e. The molecule has 176 valence electrons. The van der Waals surface area contributed by atoms with Crippen LogP contribution in [0.25, 0.3) is 0 Å². The fourth-order valence-corrected chi connectivity index (χ4v) is 2.94. The summed E-state index contributed by atoms with van der Waals surface area (Å²) in [6.07, 6.45) is 4.68. The van der Waals surface area contributed by atoms with Gasteiger partial charge in [0.25, 0.3) is 0 Å². The molecule has 0 aliphatic carbocycles. The van der Waals surface area contributed by atoms with Crippen LogP contribution in [0.2, 0.25) is 0 Å². The van der Waals surface area contributed by atoms with E-state index in [1.807, 2.05) is 0 Å². The second-order valence-electron chi connectivity index (χ2n) is 7.33. The minimum atomic E-state index is -0.907. The summed E-state index contributed by atoms with van der Waals surface area (Å²) in [7, 11) is 0. The van der Waals surface area contributed by atoms with Crippen LogP contribution >= 0.6 is 0 Å². The molecule has 0 spiro atoms. The van der Waals surface area contributed by atoms with Gasteiger partial charge in [-0.3, -0.25) is 9.59 Å². The van der Waals surface area contributed by atoms with Gasteiger partial charge in [0.2, 0.25) is 11.8 Å². The molecule has 0 aliphatic rings. The average Bonchev–Trinajstić information content (AvgIpc) is 2.70. The number of nitrogens with two attached hydrogens (primary N) is 5. The van der Waals surface area contributed by atoms with E-state index in [1.54, 1.807) is 0 Å². The zero-order valence-corrected chi connectivity index (χ0v) is 18.0. The van der Waals surface area contributed by atoms with E-state index in [2.05, 4.69) is 5.32 Å². The zero-order valence-electron chi connectivity index (χ0n) is 18.0. The third kappa shape index (κ3) is 14.1. The summed E-state index contributed by atoms with van der Waals surface area (Å²) in [6.45, 7) is 1.81. The summed E-state index contributed by atoms with van der Waals surface area (Å²) >= 11 is 0.